The average Bonchev–Trinajstić information content (AvgIpc) is 2.59. The highest BCUT2D eigenvalue weighted by atomic mass is 15.3. The van der Waals surface area contributed by atoms with E-state index >= 15 is 0 Å². The fraction of sp³-hybridized carbons (Fsp3) is 0.308. The molecular formula is C13H17N3. The molecule has 3 heteroatoms. The van der Waals surface area contributed by atoms with Gasteiger partial charge in [0.15, 0.2) is 0 Å². The number of hydrogen-bond donors (Lipinski definition) is 1. The van der Waals surface area contributed by atoms with Crippen LogP contribution in [0.25, 0.3) is 5.69 Å². The third kappa shape index (κ3) is 1.86. The molecule has 2 aromatic rings. The quantitative estimate of drug-likeness (QED) is 0.835. The van der Waals surface area contributed by atoms with Gasteiger partial charge in [-0.3, -0.25) is 0 Å². The van der Waals surface area contributed by atoms with Crippen LogP contribution >= 0.6 is 0 Å². The monoisotopic (exact) mass is 215 g/mol. The largest absolute Gasteiger partial charge is 0.326 e. The molecule has 0 bridgehead atoms. The lowest BCUT2D eigenvalue weighted by molar-refractivity contribution is 0.855. The summed E-state index contributed by atoms with van der Waals surface area (Å²) in [5.74, 6) is 0. The zero-order chi connectivity index (χ0) is 11.7. The fourth-order valence-electron chi connectivity index (χ4n) is 1.88. The van der Waals surface area contributed by atoms with Crippen LogP contribution in [-0.2, 0) is 6.54 Å². The molecule has 2 N–H and O–H groups in total. The molecule has 0 aliphatic rings. The summed E-state index contributed by atoms with van der Waals surface area (Å²) in [6, 6.07) is 6.35. The molecule has 16 heavy (non-hydrogen) atoms. The summed E-state index contributed by atoms with van der Waals surface area (Å²) in [5, 5.41) is 4.48. The lowest BCUT2D eigenvalue weighted by atomic mass is 10.1. The van der Waals surface area contributed by atoms with E-state index in [1.165, 1.54) is 11.1 Å². The Morgan fingerprint density at radius 3 is 2.56 bits per heavy atom. The summed E-state index contributed by atoms with van der Waals surface area (Å²) in [5.41, 5.74) is 11.4. The number of aromatic nitrogens is 2. The highest BCUT2D eigenvalue weighted by Gasteiger charge is 2.06. The van der Waals surface area contributed by atoms with Crippen molar-refractivity contribution in [1.29, 1.82) is 0 Å². The smallest absolute Gasteiger partial charge is 0.0675 e. The van der Waals surface area contributed by atoms with Crippen molar-refractivity contribution in [2.75, 3.05) is 0 Å². The van der Waals surface area contributed by atoms with Gasteiger partial charge in [0.1, 0.15) is 0 Å². The second-order valence-electron chi connectivity index (χ2n) is 4.18. The van der Waals surface area contributed by atoms with Crippen molar-refractivity contribution in [2.24, 2.45) is 5.73 Å². The summed E-state index contributed by atoms with van der Waals surface area (Å²) >= 11 is 0. The Kier molecular flexibility index (Phi) is 2.79. The van der Waals surface area contributed by atoms with Gasteiger partial charge in [-0.2, -0.15) is 5.10 Å². The lowest BCUT2D eigenvalue weighted by Gasteiger charge is -2.06. The zero-order valence-corrected chi connectivity index (χ0v) is 9.99. The maximum atomic E-state index is 5.65. The third-order valence-electron chi connectivity index (χ3n) is 2.82. The van der Waals surface area contributed by atoms with Gasteiger partial charge < -0.3 is 5.73 Å². The number of aryl methyl sites for hydroxylation is 3. The maximum Gasteiger partial charge on any atom is 0.0675 e. The van der Waals surface area contributed by atoms with E-state index in [9.17, 15) is 0 Å². The van der Waals surface area contributed by atoms with E-state index in [-0.39, 0.29) is 0 Å². The third-order valence-corrected chi connectivity index (χ3v) is 2.82. The summed E-state index contributed by atoms with van der Waals surface area (Å²) in [6.45, 7) is 6.72. The van der Waals surface area contributed by atoms with Crippen LogP contribution in [0.3, 0.4) is 0 Å². The van der Waals surface area contributed by atoms with E-state index in [0.717, 1.165) is 16.9 Å². The second kappa shape index (κ2) is 4.10. The molecule has 2 rings (SSSR count). The Balaban J connectivity index is 2.50. The number of rotatable bonds is 2. The molecule has 0 atom stereocenters. The molecule has 0 unspecified atom stereocenters. The van der Waals surface area contributed by atoms with Crippen LogP contribution in [0, 0.1) is 20.8 Å². The molecule has 1 aromatic carbocycles. The van der Waals surface area contributed by atoms with Crippen molar-refractivity contribution < 1.29 is 0 Å². The molecule has 0 amide bonds. The topological polar surface area (TPSA) is 43.8 Å². The average molecular weight is 215 g/mol. The summed E-state index contributed by atoms with van der Waals surface area (Å²) in [7, 11) is 0. The van der Waals surface area contributed by atoms with Crippen molar-refractivity contribution in [1.82, 2.24) is 9.78 Å². The molecule has 0 radical (unpaired) electrons. The Bertz CT molecular complexity index is 512. The minimum absolute atomic E-state index is 0.538. The summed E-state index contributed by atoms with van der Waals surface area (Å²) < 4.78 is 1.91. The molecule has 0 aliphatic carbocycles. The van der Waals surface area contributed by atoms with Crippen LogP contribution in [0.15, 0.2) is 24.4 Å². The van der Waals surface area contributed by atoms with Gasteiger partial charge in [-0.05, 0) is 32.4 Å². The molecule has 0 spiro atoms. The normalized spacial score (nSPS) is 10.8. The standard InChI is InChI=1S/C13H17N3/c1-9-4-5-13(10(2)6-9)16-8-12(7-14)11(3)15-16/h4-6,8H,7,14H2,1-3H3. The molecule has 1 heterocycles. The Labute approximate surface area is 95.9 Å². The van der Waals surface area contributed by atoms with Crippen molar-refractivity contribution in [2.45, 2.75) is 27.3 Å². The first-order valence-electron chi connectivity index (χ1n) is 5.44. The maximum absolute atomic E-state index is 5.65. The van der Waals surface area contributed by atoms with E-state index < -0.39 is 0 Å². The van der Waals surface area contributed by atoms with Gasteiger partial charge in [0.2, 0.25) is 0 Å². The fourth-order valence-corrected chi connectivity index (χ4v) is 1.88. The number of benzene rings is 1. The summed E-state index contributed by atoms with van der Waals surface area (Å²) in [6.07, 6.45) is 2.01. The molecule has 3 nitrogen and oxygen atoms in total. The van der Waals surface area contributed by atoms with Gasteiger partial charge in [-0.25, -0.2) is 4.68 Å². The van der Waals surface area contributed by atoms with Crippen LogP contribution in [0.1, 0.15) is 22.4 Å². The van der Waals surface area contributed by atoms with E-state index in [2.05, 4.69) is 37.1 Å². The van der Waals surface area contributed by atoms with Gasteiger partial charge in [0, 0.05) is 18.3 Å². The minimum Gasteiger partial charge on any atom is -0.326 e. The minimum atomic E-state index is 0.538. The van der Waals surface area contributed by atoms with Gasteiger partial charge >= 0.3 is 0 Å². The first-order valence-corrected chi connectivity index (χ1v) is 5.44. The molecule has 84 valence electrons. The van der Waals surface area contributed by atoms with Crippen LogP contribution < -0.4 is 5.73 Å². The number of nitrogens with two attached hydrogens (primary N) is 1. The van der Waals surface area contributed by atoms with Crippen LogP contribution in [0.5, 0.6) is 0 Å². The first-order chi connectivity index (χ1) is 7.61. The Morgan fingerprint density at radius 2 is 2.00 bits per heavy atom. The summed E-state index contributed by atoms with van der Waals surface area (Å²) in [4.78, 5) is 0. The van der Waals surface area contributed by atoms with Crippen molar-refractivity contribution in [3.05, 3.63) is 46.8 Å². The van der Waals surface area contributed by atoms with Gasteiger partial charge in [-0.1, -0.05) is 17.7 Å². The van der Waals surface area contributed by atoms with E-state index in [0.29, 0.717) is 6.54 Å². The first kappa shape index (κ1) is 10.9. The van der Waals surface area contributed by atoms with Crippen molar-refractivity contribution >= 4 is 0 Å². The van der Waals surface area contributed by atoms with E-state index in [1.807, 2.05) is 17.8 Å². The number of hydrogen-bond acceptors (Lipinski definition) is 2. The zero-order valence-electron chi connectivity index (χ0n) is 9.99. The van der Waals surface area contributed by atoms with Crippen molar-refractivity contribution in [3.8, 4) is 5.69 Å². The molecule has 0 fully saturated rings. The highest BCUT2D eigenvalue weighted by molar-refractivity contribution is 5.42. The molecule has 0 saturated carbocycles. The van der Waals surface area contributed by atoms with Crippen LogP contribution in [-0.4, -0.2) is 9.78 Å². The van der Waals surface area contributed by atoms with E-state index in [1.54, 1.807) is 0 Å². The van der Waals surface area contributed by atoms with Gasteiger partial charge in [-0.15, -0.1) is 0 Å². The van der Waals surface area contributed by atoms with E-state index in [4.69, 9.17) is 5.73 Å². The Hall–Kier alpha value is -1.61. The second-order valence-corrected chi connectivity index (χ2v) is 4.18. The van der Waals surface area contributed by atoms with Crippen LogP contribution in [0.2, 0.25) is 0 Å². The highest BCUT2D eigenvalue weighted by Crippen LogP contribution is 2.16. The molecule has 0 saturated heterocycles. The molecular weight excluding hydrogens is 198 g/mol. The molecule has 0 aliphatic heterocycles. The Morgan fingerprint density at radius 1 is 1.25 bits per heavy atom. The SMILES string of the molecule is Cc1ccc(-n2cc(CN)c(C)n2)c(C)c1. The van der Waals surface area contributed by atoms with Crippen molar-refractivity contribution in [3.63, 3.8) is 0 Å². The predicted molar refractivity (Wildman–Crippen MR) is 65.7 cm³/mol. The lowest BCUT2D eigenvalue weighted by Crippen LogP contribution is -1.98. The van der Waals surface area contributed by atoms with Gasteiger partial charge in [0.25, 0.3) is 0 Å². The predicted octanol–water partition coefficient (Wildman–Crippen LogP) is 2.26. The molecule has 1 aromatic heterocycles. The van der Waals surface area contributed by atoms with Crippen LogP contribution in [0.4, 0.5) is 0 Å². The van der Waals surface area contributed by atoms with Gasteiger partial charge in [0.05, 0.1) is 11.4 Å². The number of nitrogens with zero attached hydrogens (tertiary/aromatic N) is 2.